The Kier molecular flexibility index (Phi) is 2.85. The second-order valence-electron chi connectivity index (χ2n) is 2.90. The monoisotopic (exact) mass is 167 g/mol. The highest BCUT2D eigenvalue weighted by atomic mass is 16.2. The van der Waals surface area contributed by atoms with E-state index in [1.807, 2.05) is 0 Å². The van der Waals surface area contributed by atoms with Gasteiger partial charge in [0, 0.05) is 5.71 Å². The van der Waals surface area contributed by atoms with E-state index in [2.05, 4.69) is 17.1 Å². The molecule has 3 N–H and O–H groups in total. The number of nitrogens with zero attached hydrogens (tertiary/aromatic N) is 1. The number of carbonyl (C=O) groups excluding carboxylic acids is 1. The third kappa shape index (κ3) is 2.74. The highest BCUT2D eigenvalue weighted by Crippen LogP contribution is 2.18. The van der Waals surface area contributed by atoms with Gasteiger partial charge in [-0.25, -0.2) is 10.2 Å². The maximum Gasteiger partial charge on any atom is 0.332 e. The zero-order chi connectivity index (χ0) is 8.97. The van der Waals surface area contributed by atoms with E-state index in [0.717, 1.165) is 31.4 Å². The molecular weight excluding hydrogens is 154 g/mol. The van der Waals surface area contributed by atoms with Gasteiger partial charge in [-0.3, -0.25) is 0 Å². The van der Waals surface area contributed by atoms with Crippen molar-refractivity contribution >= 4 is 11.7 Å². The number of carbonyl (C=O) groups is 1. The van der Waals surface area contributed by atoms with Crippen molar-refractivity contribution in [2.45, 2.75) is 25.7 Å². The smallest absolute Gasteiger partial charge is 0.332 e. The summed E-state index contributed by atoms with van der Waals surface area (Å²) < 4.78 is 0. The first kappa shape index (κ1) is 8.77. The number of amides is 2. The minimum Gasteiger partial charge on any atom is -0.350 e. The molecule has 0 unspecified atom stereocenters. The molecule has 1 fully saturated rings. The summed E-state index contributed by atoms with van der Waals surface area (Å²) in [7, 11) is 0. The average molecular weight is 167 g/mol. The zero-order valence-electron chi connectivity index (χ0n) is 6.97. The molecule has 1 aliphatic rings. The van der Waals surface area contributed by atoms with Crippen molar-refractivity contribution in [1.82, 2.24) is 5.43 Å². The van der Waals surface area contributed by atoms with Crippen LogP contribution in [0.3, 0.4) is 0 Å². The second-order valence-corrected chi connectivity index (χ2v) is 2.90. The Bertz CT molecular complexity index is 220. The van der Waals surface area contributed by atoms with Gasteiger partial charge in [-0.05, 0) is 25.7 Å². The molecule has 66 valence electrons. The maximum atomic E-state index is 10.3. The molecule has 0 aromatic rings. The molecule has 0 saturated heterocycles. The summed E-state index contributed by atoms with van der Waals surface area (Å²) in [5.74, 6) is 0. The normalized spacial score (nSPS) is 17.3. The lowest BCUT2D eigenvalue weighted by molar-refractivity contribution is 0.249. The fraction of sp³-hybridized carbons (Fsp3) is 0.500. The molecule has 0 bridgehead atoms. The summed E-state index contributed by atoms with van der Waals surface area (Å²) >= 11 is 0. The molecule has 1 rings (SSSR count). The first-order valence-electron chi connectivity index (χ1n) is 3.96. The molecule has 12 heavy (non-hydrogen) atoms. The van der Waals surface area contributed by atoms with Gasteiger partial charge < -0.3 is 5.73 Å². The minimum absolute atomic E-state index is 0.605. The molecule has 0 aliphatic heterocycles. The van der Waals surface area contributed by atoms with E-state index in [1.165, 1.54) is 5.57 Å². The topological polar surface area (TPSA) is 67.5 Å². The number of hydrazone groups is 1. The number of primary amides is 1. The third-order valence-electron chi connectivity index (χ3n) is 1.86. The number of hydrogen-bond donors (Lipinski definition) is 2. The average Bonchev–Trinajstić information content (AvgIpc) is 2.03. The van der Waals surface area contributed by atoms with E-state index in [0.29, 0.717) is 0 Å². The van der Waals surface area contributed by atoms with Crippen molar-refractivity contribution in [3.05, 3.63) is 12.2 Å². The predicted octanol–water partition coefficient (Wildman–Crippen LogP) is 1.14. The molecule has 1 saturated carbocycles. The molecule has 1 aliphatic carbocycles. The van der Waals surface area contributed by atoms with Crippen LogP contribution in [-0.2, 0) is 0 Å². The summed E-state index contributed by atoms with van der Waals surface area (Å²) in [5, 5.41) is 3.87. The molecule has 0 spiro atoms. The van der Waals surface area contributed by atoms with E-state index in [4.69, 9.17) is 5.73 Å². The van der Waals surface area contributed by atoms with Gasteiger partial charge in [-0.1, -0.05) is 12.2 Å². The predicted molar refractivity (Wildman–Crippen MR) is 47.8 cm³/mol. The van der Waals surface area contributed by atoms with Gasteiger partial charge in [0.2, 0.25) is 0 Å². The van der Waals surface area contributed by atoms with Crippen LogP contribution >= 0.6 is 0 Å². The highest BCUT2D eigenvalue weighted by Gasteiger charge is 2.09. The second kappa shape index (κ2) is 3.90. The number of rotatable bonds is 1. The summed E-state index contributed by atoms with van der Waals surface area (Å²) in [6.07, 6.45) is 3.72. The van der Waals surface area contributed by atoms with E-state index in [1.54, 1.807) is 0 Å². The first-order valence-corrected chi connectivity index (χ1v) is 3.96. The van der Waals surface area contributed by atoms with Crippen LogP contribution in [0.25, 0.3) is 0 Å². The molecule has 0 heterocycles. The molecule has 4 heteroatoms. The fourth-order valence-electron chi connectivity index (χ4n) is 1.14. The quantitative estimate of drug-likeness (QED) is 0.446. The molecule has 0 radical (unpaired) electrons. The van der Waals surface area contributed by atoms with Crippen LogP contribution in [0.4, 0.5) is 4.79 Å². The van der Waals surface area contributed by atoms with Crippen molar-refractivity contribution in [2.75, 3.05) is 0 Å². The fourth-order valence-corrected chi connectivity index (χ4v) is 1.14. The Morgan fingerprint density at radius 3 is 2.50 bits per heavy atom. The first-order chi connectivity index (χ1) is 5.68. The van der Waals surface area contributed by atoms with Crippen LogP contribution in [0.1, 0.15) is 25.7 Å². The molecular formula is C8H13N3O. The Labute approximate surface area is 71.5 Å². The van der Waals surface area contributed by atoms with Crippen LogP contribution in [0.2, 0.25) is 0 Å². The zero-order valence-corrected chi connectivity index (χ0v) is 6.97. The molecule has 4 nitrogen and oxygen atoms in total. The molecule has 0 aromatic heterocycles. The van der Waals surface area contributed by atoms with Crippen molar-refractivity contribution in [3.63, 3.8) is 0 Å². The van der Waals surface area contributed by atoms with Gasteiger partial charge in [0.15, 0.2) is 0 Å². The van der Waals surface area contributed by atoms with E-state index in [-0.39, 0.29) is 0 Å². The Balaban J connectivity index is 2.38. The van der Waals surface area contributed by atoms with Gasteiger partial charge in [-0.15, -0.1) is 0 Å². The summed E-state index contributed by atoms with van der Waals surface area (Å²) in [6, 6.07) is -0.605. The molecule has 2 amide bonds. The van der Waals surface area contributed by atoms with Crippen molar-refractivity contribution in [2.24, 2.45) is 10.8 Å². The van der Waals surface area contributed by atoms with E-state index in [9.17, 15) is 4.79 Å². The maximum absolute atomic E-state index is 10.3. The van der Waals surface area contributed by atoms with Crippen LogP contribution < -0.4 is 11.2 Å². The van der Waals surface area contributed by atoms with Gasteiger partial charge in [0.25, 0.3) is 0 Å². The number of nitrogens with one attached hydrogen (secondary N) is 1. The van der Waals surface area contributed by atoms with Crippen LogP contribution in [-0.4, -0.2) is 11.7 Å². The summed E-state index contributed by atoms with van der Waals surface area (Å²) in [5.41, 5.74) is 9.35. The number of urea groups is 1. The van der Waals surface area contributed by atoms with Crippen molar-refractivity contribution < 1.29 is 4.79 Å². The third-order valence-corrected chi connectivity index (χ3v) is 1.86. The van der Waals surface area contributed by atoms with Crippen LogP contribution in [0.5, 0.6) is 0 Å². The molecule has 0 atom stereocenters. The Morgan fingerprint density at radius 2 is 2.00 bits per heavy atom. The number of hydrogen-bond acceptors (Lipinski definition) is 2. The Morgan fingerprint density at radius 1 is 1.42 bits per heavy atom. The van der Waals surface area contributed by atoms with E-state index < -0.39 is 6.03 Å². The lowest BCUT2D eigenvalue weighted by Gasteiger charge is -2.14. The van der Waals surface area contributed by atoms with Crippen LogP contribution in [0.15, 0.2) is 17.3 Å². The van der Waals surface area contributed by atoms with Crippen molar-refractivity contribution in [3.8, 4) is 0 Å². The highest BCUT2D eigenvalue weighted by molar-refractivity contribution is 5.87. The lowest BCUT2D eigenvalue weighted by atomic mass is 9.95. The summed E-state index contributed by atoms with van der Waals surface area (Å²) in [6.45, 7) is 3.88. The minimum atomic E-state index is -0.605. The standard InChI is InChI=1S/C8H13N3O/c1-6-2-4-7(5-3-6)10-11-8(9)12/h1-5H2,(H3,9,11,12). The largest absolute Gasteiger partial charge is 0.350 e. The van der Waals surface area contributed by atoms with Gasteiger partial charge in [0.1, 0.15) is 0 Å². The summed E-state index contributed by atoms with van der Waals surface area (Å²) in [4.78, 5) is 10.3. The lowest BCUT2D eigenvalue weighted by Crippen LogP contribution is -2.26. The molecule has 0 aromatic carbocycles. The van der Waals surface area contributed by atoms with Gasteiger partial charge in [0.05, 0.1) is 0 Å². The van der Waals surface area contributed by atoms with Gasteiger partial charge in [-0.2, -0.15) is 5.10 Å². The SMILES string of the molecule is C=C1CCC(=NNC(N)=O)CC1. The Hall–Kier alpha value is -1.32. The van der Waals surface area contributed by atoms with Crippen LogP contribution in [0, 0.1) is 0 Å². The van der Waals surface area contributed by atoms with E-state index >= 15 is 0 Å². The van der Waals surface area contributed by atoms with Gasteiger partial charge >= 0.3 is 6.03 Å². The van der Waals surface area contributed by atoms with Crippen molar-refractivity contribution in [1.29, 1.82) is 0 Å². The number of nitrogens with two attached hydrogens (primary N) is 1. The number of allylic oxidation sites excluding steroid dienone is 1.